The second kappa shape index (κ2) is 6.18. The lowest BCUT2D eigenvalue weighted by atomic mass is 10.1. The van der Waals surface area contributed by atoms with Gasteiger partial charge in [0, 0.05) is 25.0 Å². The highest BCUT2D eigenvalue weighted by Gasteiger charge is 2.22. The van der Waals surface area contributed by atoms with Crippen LogP contribution < -0.4 is 0 Å². The van der Waals surface area contributed by atoms with E-state index in [-0.39, 0.29) is 0 Å². The first kappa shape index (κ1) is 16.6. The van der Waals surface area contributed by atoms with Crippen molar-refractivity contribution in [3.05, 3.63) is 58.4 Å². The predicted octanol–water partition coefficient (Wildman–Crippen LogP) is 3.14. The maximum atomic E-state index is 12.7. The highest BCUT2D eigenvalue weighted by Crippen LogP contribution is 2.20. The number of benzene rings is 1. The van der Waals surface area contributed by atoms with E-state index in [4.69, 9.17) is 0 Å². The maximum absolute atomic E-state index is 12.7. The molecule has 118 valence electrons. The van der Waals surface area contributed by atoms with Crippen molar-refractivity contribution in [2.75, 3.05) is 7.05 Å². The van der Waals surface area contributed by atoms with Crippen LogP contribution in [0, 0.1) is 27.7 Å². The van der Waals surface area contributed by atoms with Crippen molar-refractivity contribution in [2.24, 2.45) is 0 Å². The minimum atomic E-state index is -3.50. The molecule has 0 radical (unpaired) electrons. The molecule has 2 rings (SSSR count). The van der Waals surface area contributed by atoms with E-state index >= 15 is 0 Å². The van der Waals surface area contributed by atoms with Crippen molar-refractivity contribution < 1.29 is 8.42 Å². The van der Waals surface area contributed by atoms with Crippen molar-refractivity contribution in [2.45, 2.75) is 39.1 Å². The molecule has 0 aliphatic carbocycles. The number of hydrogen-bond donors (Lipinski definition) is 0. The van der Waals surface area contributed by atoms with Crippen LogP contribution in [0.2, 0.25) is 0 Å². The number of nitrogens with zero attached hydrogens (tertiary/aromatic N) is 2. The molecule has 0 saturated carbocycles. The Balaban J connectivity index is 2.30. The Hall–Kier alpha value is -1.72. The van der Waals surface area contributed by atoms with Crippen LogP contribution in [0.3, 0.4) is 0 Å². The van der Waals surface area contributed by atoms with Crippen molar-refractivity contribution in [3.8, 4) is 0 Å². The number of sulfonamides is 1. The van der Waals surface area contributed by atoms with E-state index in [0.29, 0.717) is 11.4 Å². The molecular formula is C17H22N2O2S. The topological polar surface area (TPSA) is 50.3 Å². The minimum Gasteiger partial charge on any atom is -0.258 e. The van der Waals surface area contributed by atoms with Crippen LogP contribution in [0.15, 0.2) is 35.2 Å². The SMILES string of the molecule is Cc1ccc(CN(C)S(=O)(=O)c2ccc(C)c(C)c2)c(C)n1. The van der Waals surface area contributed by atoms with E-state index in [1.165, 1.54) is 4.31 Å². The summed E-state index contributed by atoms with van der Waals surface area (Å²) in [7, 11) is -1.90. The first-order chi connectivity index (χ1) is 10.2. The number of hydrogen-bond acceptors (Lipinski definition) is 3. The van der Waals surface area contributed by atoms with Crippen molar-refractivity contribution in [1.82, 2.24) is 9.29 Å². The van der Waals surface area contributed by atoms with Gasteiger partial charge in [-0.1, -0.05) is 12.1 Å². The third kappa shape index (κ3) is 3.36. The van der Waals surface area contributed by atoms with Gasteiger partial charge >= 0.3 is 0 Å². The van der Waals surface area contributed by atoms with Crippen LogP contribution in [0.1, 0.15) is 28.1 Å². The fourth-order valence-corrected chi connectivity index (χ4v) is 3.50. The highest BCUT2D eigenvalue weighted by molar-refractivity contribution is 7.89. The summed E-state index contributed by atoms with van der Waals surface area (Å²) in [5, 5.41) is 0. The zero-order valence-electron chi connectivity index (χ0n) is 13.7. The zero-order chi connectivity index (χ0) is 16.5. The van der Waals surface area contributed by atoms with E-state index in [2.05, 4.69) is 4.98 Å². The summed E-state index contributed by atoms with van der Waals surface area (Å²) in [4.78, 5) is 4.72. The van der Waals surface area contributed by atoms with Crippen LogP contribution in [0.25, 0.3) is 0 Å². The summed E-state index contributed by atoms with van der Waals surface area (Å²) >= 11 is 0. The molecule has 0 N–H and O–H groups in total. The van der Waals surface area contributed by atoms with Gasteiger partial charge < -0.3 is 0 Å². The average molecular weight is 318 g/mol. The number of aryl methyl sites for hydroxylation is 4. The summed E-state index contributed by atoms with van der Waals surface area (Å²) in [5.74, 6) is 0. The third-order valence-corrected chi connectivity index (χ3v) is 5.71. The van der Waals surface area contributed by atoms with Gasteiger partial charge in [-0.3, -0.25) is 4.98 Å². The van der Waals surface area contributed by atoms with Gasteiger partial charge in [0.05, 0.1) is 4.90 Å². The molecule has 0 unspecified atom stereocenters. The quantitative estimate of drug-likeness (QED) is 0.870. The second-order valence-electron chi connectivity index (χ2n) is 5.70. The van der Waals surface area contributed by atoms with Crippen LogP contribution in [0.4, 0.5) is 0 Å². The first-order valence-corrected chi connectivity index (χ1v) is 8.62. The van der Waals surface area contributed by atoms with Crippen molar-refractivity contribution in [1.29, 1.82) is 0 Å². The smallest absolute Gasteiger partial charge is 0.243 e. The van der Waals surface area contributed by atoms with Crippen LogP contribution in [-0.2, 0) is 16.6 Å². The van der Waals surface area contributed by atoms with Crippen LogP contribution in [-0.4, -0.2) is 24.8 Å². The molecule has 4 nitrogen and oxygen atoms in total. The summed E-state index contributed by atoms with van der Waals surface area (Å²) in [6, 6.07) is 9.06. The lowest BCUT2D eigenvalue weighted by Gasteiger charge is -2.19. The number of aromatic nitrogens is 1. The largest absolute Gasteiger partial charge is 0.258 e. The molecule has 1 heterocycles. The second-order valence-corrected chi connectivity index (χ2v) is 7.75. The van der Waals surface area contributed by atoms with Gasteiger partial charge in [0.1, 0.15) is 0 Å². The van der Waals surface area contributed by atoms with E-state index in [9.17, 15) is 8.42 Å². The van der Waals surface area contributed by atoms with Crippen molar-refractivity contribution >= 4 is 10.0 Å². The van der Waals surface area contributed by atoms with Crippen LogP contribution in [0.5, 0.6) is 0 Å². The Bertz CT molecular complexity index is 798. The molecule has 0 saturated heterocycles. The van der Waals surface area contributed by atoms with Gasteiger partial charge in [-0.15, -0.1) is 0 Å². The molecule has 5 heteroatoms. The van der Waals surface area contributed by atoms with E-state index in [1.54, 1.807) is 19.2 Å². The third-order valence-electron chi connectivity index (χ3n) is 3.91. The molecule has 0 aliphatic rings. The van der Waals surface area contributed by atoms with Gasteiger partial charge in [0.15, 0.2) is 0 Å². The van der Waals surface area contributed by atoms with Crippen LogP contribution >= 0.6 is 0 Å². The molecule has 0 bridgehead atoms. The van der Waals surface area contributed by atoms with E-state index in [0.717, 1.165) is 28.1 Å². The summed E-state index contributed by atoms with van der Waals surface area (Å²) in [6.07, 6.45) is 0. The lowest BCUT2D eigenvalue weighted by Crippen LogP contribution is -2.27. The van der Waals surface area contributed by atoms with Crippen molar-refractivity contribution in [3.63, 3.8) is 0 Å². The van der Waals surface area contributed by atoms with E-state index < -0.39 is 10.0 Å². The van der Waals surface area contributed by atoms with Gasteiger partial charge in [-0.2, -0.15) is 4.31 Å². The van der Waals surface area contributed by atoms with Gasteiger partial charge in [0.2, 0.25) is 10.0 Å². The zero-order valence-corrected chi connectivity index (χ0v) is 14.5. The molecule has 0 aliphatic heterocycles. The summed E-state index contributed by atoms with van der Waals surface area (Å²) in [5.41, 5.74) is 4.77. The predicted molar refractivity (Wildman–Crippen MR) is 88.3 cm³/mol. The van der Waals surface area contributed by atoms with Gasteiger partial charge in [-0.25, -0.2) is 8.42 Å². The Morgan fingerprint density at radius 1 is 1.00 bits per heavy atom. The first-order valence-electron chi connectivity index (χ1n) is 7.18. The molecule has 1 aromatic heterocycles. The number of rotatable bonds is 4. The Morgan fingerprint density at radius 2 is 1.68 bits per heavy atom. The average Bonchev–Trinajstić information content (AvgIpc) is 2.44. The molecular weight excluding hydrogens is 296 g/mol. The molecule has 2 aromatic rings. The fraction of sp³-hybridized carbons (Fsp3) is 0.353. The molecule has 0 fully saturated rings. The van der Waals surface area contributed by atoms with Gasteiger partial charge in [-0.05, 0) is 62.6 Å². The minimum absolute atomic E-state index is 0.314. The summed E-state index contributed by atoms with van der Waals surface area (Å²) in [6.45, 7) is 8.03. The molecule has 0 amide bonds. The van der Waals surface area contributed by atoms with E-state index in [1.807, 2.05) is 45.9 Å². The highest BCUT2D eigenvalue weighted by atomic mass is 32.2. The van der Waals surface area contributed by atoms with Gasteiger partial charge in [0.25, 0.3) is 0 Å². The standard InChI is InChI=1S/C17H22N2O2S/c1-12-6-9-17(10-13(12)2)22(20,21)19(5)11-16-8-7-14(3)18-15(16)4/h6-10H,11H2,1-5H3. The Kier molecular flexibility index (Phi) is 4.68. The monoisotopic (exact) mass is 318 g/mol. The molecule has 0 atom stereocenters. The summed E-state index contributed by atoms with van der Waals surface area (Å²) < 4.78 is 26.7. The molecule has 22 heavy (non-hydrogen) atoms. The molecule has 1 aromatic carbocycles. The normalized spacial score (nSPS) is 11.9. The number of pyridine rings is 1. The molecule has 0 spiro atoms. The Morgan fingerprint density at radius 3 is 2.27 bits per heavy atom. The Labute approximate surface area is 132 Å². The lowest BCUT2D eigenvalue weighted by molar-refractivity contribution is 0.465. The fourth-order valence-electron chi connectivity index (χ4n) is 2.26. The maximum Gasteiger partial charge on any atom is 0.243 e.